The van der Waals surface area contributed by atoms with Crippen molar-refractivity contribution in [3.05, 3.63) is 59.7 Å². The molecule has 4 rings (SSSR count). The largest absolute Gasteiger partial charge is 0.493 e. The minimum absolute atomic E-state index is 0.0730. The summed E-state index contributed by atoms with van der Waals surface area (Å²) in [5, 5.41) is 0. The van der Waals surface area contributed by atoms with Crippen molar-refractivity contribution in [3.8, 4) is 11.5 Å². The summed E-state index contributed by atoms with van der Waals surface area (Å²) in [6, 6.07) is 12.4. The number of alkyl halides is 5. The molecule has 0 bridgehead atoms. The fourth-order valence-corrected chi connectivity index (χ4v) is 3.90. The molecule has 2 aliphatic rings. The number of rotatable bonds is 8. The third-order valence-electron chi connectivity index (χ3n) is 5.28. The Bertz CT molecular complexity index is 1060. The lowest BCUT2D eigenvalue weighted by Crippen LogP contribution is -2.53. The van der Waals surface area contributed by atoms with E-state index in [-0.39, 0.29) is 30.6 Å². The summed E-state index contributed by atoms with van der Waals surface area (Å²) in [4.78, 5) is 9.84. The molecule has 2 aromatic carbocycles. The number of ether oxygens (including phenoxy) is 2. The number of benzene rings is 2. The van der Waals surface area contributed by atoms with Crippen LogP contribution in [0.25, 0.3) is 0 Å². The van der Waals surface area contributed by atoms with Crippen molar-refractivity contribution in [3.63, 3.8) is 0 Å². The van der Waals surface area contributed by atoms with E-state index in [1.54, 1.807) is 24.3 Å². The Hall–Kier alpha value is -3.37. The molecule has 11 heteroatoms. The Morgan fingerprint density at radius 3 is 2.52 bits per heavy atom. The summed E-state index contributed by atoms with van der Waals surface area (Å²) >= 11 is 0. The molecule has 176 valence electrons. The van der Waals surface area contributed by atoms with E-state index in [0.29, 0.717) is 16.9 Å². The summed E-state index contributed by atoms with van der Waals surface area (Å²) in [5.74, 6) is -2.70. The molecular formula is C22H21F5N4O2. The molecule has 0 unspecified atom stereocenters. The molecule has 0 radical (unpaired) electrons. The van der Waals surface area contributed by atoms with Gasteiger partial charge in [-0.15, -0.1) is 0 Å². The summed E-state index contributed by atoms with van der Waals surface area (Å²) in [5.41, 5.74) is 5.61. The Morgan fingerprint density at radius 1 is 1.06 bits per heavy atom. The van der Waals surface area contributed by atoms with Crippen LogP contribution >= 0.6 is 0 Å². The van der Waals surface area contributed by atoms with Crippen LogP contribution in [0.3, 0.4) is 0 Å². The number of amidine groups is 1. The fraction of sp³-hybridized carbons (Fsp3) is 0.364. The number of fused-ring (bicyclic) bond motifs is 1. The zero-order valence-electron chi connectivity index (χ0n) is 17.4. The topological polar surface area (TPSA) is 72.4 Å². The summed E-state index contributed by atoms with van der Waals surface area (Å²) < 4.78 is 75.8. The maximum Gasteiger partial charge on any atom is 0.387 e. The van der Waals surface area contributed by atoms with Crippen LogP contribution in [0.15, 0.2) is 58.5 Å². The molecule has 0 fully saturated rings. The first-order chi connectivity index (χ1) is 15.7. The second kappa shape index (κ2) is 8.87. The van der Waals surface area contributed by atoms with Gasteiger partial charge in [-0.25, -0.2) is 13.8 Å². The van der Waals surface area contributed by atoms with Crippen LogP contribution < -0.4 is 15.2 Å². The van der Waals surface area contributed by atoms with E-state index in [4.69, 9.17) is 10.5 Å². The summed E-state index contributed by atoms with van der Waals surface area (Å²) in [6.45, 7) is -4.82. The molecule has 0 aromatic heterocycles. The van der Waals surface area contributed by atoms with Crippen LogP contribution in [0.1, 0.15) is 17.5 Å². The van der Waals surface area contributed by atoms with Gasteiger partial charge in [-0.05, 0) is 35.4 Å². The van der Waals surface area contributed by atoms with Crippen molar-refractivity contribution in [1.29, 1.82) is 0 Å². The van der Waals surface area contributed by atoms with Crippen molar-refractivity contribution in [1.82, 2.24) is 4.90 Å². The monoisotopic (exact) mass is 468 g/mol. The molecule has 0 amide bonds. The van der Waals surface area contributed by atoms with Crippen molar-refractivity contribution < 1.29 is 31.4 Å². The van der Waals surface area contributed by atoms with Gasteiger partial charge < -0.3 is 15.2 Å². The number of guanidine groups is 1. The molecule has 33 heavy (non-hydrogen) atoms. The first kappa shape index (κ1) is 22.8. The van der Waals surface area contributed by atoms with Gasteiger partial charge in [0.15, 0.2) is 11.5 Å². The molecule has 1 atom stereocenters. The van der Waals surface area contributed by atoms with Crippen molar-refractivity contribution in [2.24, 2.45) is 15.7 Å². The zero-order chi connectivity index (χ0) is 23.6. The van der Waals surface area contributed by atoms with Crippen LogP contribution in [0.5, 0.6) is 11.5 Å². The zero-order valence-corrected chi connectivity index (χ0v) is 17.4. The minimum atomic E-state index is -3.09. The van der Waals surface area contributed by atoms with Gasteiger partial charge in [0.25, 0.3) is 5.92 Å². The molecule has 0 aliphatic carbocycles. The molecule has 2 aromatic rings. The SMILES string of the molecule is NC1=N[C@](c2ccc(OC(F)F)cc2)(c2cccc(OCCCF)c2)C2=NCC(F)(F)CN12. The van der Waals surface area contributed by atoms with Gasteiger partial charge in [-0.2, -0.15) is 8.78 Å². The molecular weight excluding hydrogens is 447 g/mol. The molecule has 2 aliphatic heterocycles. The normalized spacial score (nSPS) is 21.5. The molecule has 2 heterocycles. The van der Waals surface area contributed by atoms with E-state index >= 15 is 0 Å². The Balaban J connectivity index is 1.83. The highest BCUT2D eigenvalue weighted by atomic mass is 19.3. The van der Waals surface area contributed by atoms with Gasteiger partial charge in [0.1, 0.15) is 23.9 Å². The average Bonchev–Trinajstić information content (AvgIpc) is 3.06. The highest BCUT2D eigenvalue weighted by Crippen LogP contribution is 2.44. The smallest absolute Gasteiger partial charge is 0.387 e. The number of hydrogen-bond donors (Lipinski definition) is 1. The average molecular weight is 468 g/mol. The van der Waals surface area contributed by atoms with Gasteiger partial charge in [0.2, 0.25) is 0 Å². The lowest BCUT2D eigenvalue weighted by atomic mass is 9.81. The number of nitrogens with two attached hydrogens (primary N) is 1. The van der Waals surface area contributed by atoms with E-state index in [1.165, 1.54) is 24.3 Å². The first-order valence-electron chi connectivity index (χ1n) is 10.2. The van der Waals surface area contributed by atoms with Crippen LogP contribution in [0.2, 0.25) is 0 Å². The Labute approximate surface area is 186 Å². The molecule has 2 N–H and O–H groups in total. The Morgan fingerprint density at radius 2 is 1.82 bits per heavy atom. The van der Waals surface area contributed by atoms with Gasteiger partial charge in [0, 0.05) is 6.42 Å². The van der Waals surface area contributed by atoms with Crippen molar-refractivity contribution >= 4 is 11.8 Å². The van der Waals surface area contributed by atoms with Crippen molar-refractivity contribution in [2.75, 3.05) is 26.4 Å². The second-order valence-corrected chi connectivity index (χ2v) is 7.58. The van der Waals surface area contributed by atoms with Gasteiger partial charge in [-0.3, -0.25) is 14.3 Å². The van der Waals surface area contributed by atoms with E-state index in [9.17, 15) is 22.0 Å². The van der Waals surface area contributed by atoms with E-state index < -0.39 is 37.8 Å². The third kappa shape index (κ3) is 4.44. The highest BCUT2D eigenvalue weighted by Gasteiger charge is 2.53. The van der Waals surface area contributed by atoms with Crippen LogP contribution in [0, 0.1) is 0 Å². The Kier molecular flexibility index (Phi) is 6.13. The molecule has 6 nitrogen and oxygen atoms in total. The molecule has 0 spiro atoms. The van der Waals surface area contributed by atoms with Crippen LogP contribution in [-0.4, -0.2) is 55.6 Å². The van der Waals surface area contributed by atoms with E-state index in [0.717, 1.165) is 4.90 Å². The maximum atomic E-state index is 14.1. The quantitative estimate of drug-likeness (QED) is 0.471. The highest BCUT2D eigenvalue weighted by molar-refractivity contribution is 6.12. The van der Waals surface area contributed by atoms with Crippen molar-refractivity contribution in [2.45, 2.75) is 24.5 Å². The standard InChI is InChI=1S/C22H21F5N4O2/c23-9-2-10-32-17-4-1-3-15(11-17)22(14-5-7-16(8-6-14)33-19(24)25)18-29-12-21(26,27)13-31(18)20(28)30-22/h1,3-8,11,19H,2,9-10,12-13H2,(H2,28,30)/t22-/m1/s1. The van der Waals surface area contributed by atoms with Gasteiger partial charge >= 0.3 is 6.61 Å². The third-order valence-corrected chi connectivity index (χ3v) is 5.28. The van der Waals surface area contributed by atoms with Crippen LogP contribution in [0.4, 0.5) is 22.0 Å². The predicted molar refractivity (Wildman–Crippen MR) is 112 cm³/mol. The first-order valence-corrected chi connectivity index (χ1v) is 10.2. The molecule has 0 saturated heterocycles. The number of aliphatic imine (C=N–C) groups is 2. The van der Waals surface area contributed by atoms with Gasteiger partial charge in [0.05, 0.1) is 19.8 Å². The lowest BCUT2D eigenvalue weighted by molar-refractivity contribution is -0.0498. The minimum Gasteiger partial charge on any atom is -0.493 e. The molecule has 0 saturated carbocycles. The summed E-state index contributed by atoms with van der Waals surface area (Å²) in [6.07, 6.45) is 0.210. The number of hydrogen-bond acceptors (Lipinski definition) is 6. The summed E-state index contributed by atoms with van der Waals surface area (Å²) in [7, 11) is 0. The second-order valence-electron chi connectivity index (χ2n) is 7.58. The predicted octanol–water partition coefficient (Wildman–Crippen LogP) is 3.95. The van der Waals surface area contributed by atoms with E-state index in [1.807, 2.05) is 0 Å². The maximum absolute atomic E-state index is 14.1. The van der Waals surface area contributed by atoms with Crippen LogP contribution in [-0.2, 0) is 5.54 Å². The van der Waals surface area contributed by atoms with Gasteiger partial charge in [-0.1, -0.05) is 24.3 Å². The fourth-order valence-electron chi connectivity index (χ4n) is 3.90. The lowest BCUT2D eigenvalue weighted by Gasteiger charge is -2.35. The number of halogens is 5. The number of nitrogens with zero attached hydrogens (tertiary/aromatic N) is 3. The van der Waals surface area contributed by atoms with E-state index in [2.05, 4.69) is 14.7 Å².